The van der Waals surface area contributed by atoms with Crippen molar-refractivity contribution in [2.45, 2.75) is 64.9 Å². The first-order valence-electron chi connectivity index (χ1n) is 12.3. The molecule has 0 saturated carbocycles. The van der Waals surface area contributed by atoms with Crippen molar-refractivity contribution in [2.24, 2.45) is 0 Å². The monoisotopic (exact) mass is 556 g/mol. The third kappa shape index (κ3) is 7.05. The van der Waals surface area contributed by atoms with E-state index >= 15 is 0 Å². The summed E-state index contributed by atoms with van der Waals surface area (Å²) < 4.78 is 30.4. The second kappa shape index (κ2) is 12.5. The van der Waals surface area contributed by atoms with Crippen LogP contribution in [0.1, 0.15) is 39.5 Å². The quantitative estimate of drug-likeness (QED) is 0.268. The Bertz CT molecular complexity index is 1360. The van der Waals surface area contributed by atoms with Gasteiger partial charge in [0, 0.05) is 27.7 Å². The minimum Gasteiger partial charge on any atom is -0.463 e. The van der Waals surface area contributed by atoms with Gasteiger partial charge in [0.05, 0.1) is 18.9 Å². The highest BCUT2D eigenvalue weighted by molar-refractivity contribution is 5.68. The molecule has 15 heteroatoms. The molecular formula is C25H28N6O9. The Kier molecular flexibility index (Phi) is 8.83. The summed E-state index contributed by atoms with van der Waals surface area (Å²) in [5.74, 6) is -2.80. The smallest absolute Gasteiger partial charge is 0.303 e. The topological polar surface area (TPSA) is 176 Å². The summed E-state index contributed by atoms with van der Waals surface area (Å²) >= 11 is 0. The van der Waals surface area contributed by atoms with Gasteiger partial charge in [-0.25, -0.2) is 9.36 Å². The molecule has 1 saturated heterocycles. The zero-order valence-electron chi connectivity index (χ0n) is 22.2. The van der Waals surface area contributed by atoms with E-state index in [1.165, 1.54) is 17.8 Å². The molecule has 0 radical (unpaired) electrons. The van der Waals surface area contributed by atoms with Gasteiger partial charge in [-0.2, -0.15) is 0 Å². The normalized spacial score (nSPS) is 22.2. The number of nitrogens with zero attached hydrogens (tertiary/aromatic N) is 6. The average molecular weight is 557 g/mol. The van der Waals surface area contributed by atoms with Gasteiger partial charge < -0.3 is 23.7 Å². The van der Waals surface area contributed by atoms with Gasteiger partial charge in [-0.15, -0.1) is 10.2 Å². The number of rotatable bonds is 9. The molecule has 15 nitrogen and oxygen atoms in total. The van der Waals surface area contributed by atoms with Crippen LogP contribution in [-0.2, 0) is 49.4 Å². The van der Waals surface area contributed by atoms with Crippen molar-refractivity contribution >= 4 is 23.9 Å². The third-order valence-corrected chi connectivity index (χ3v) is 5.73. The molecule has 40 heavy (non-hydrogen) atoms. The summed E-state index contributed by atoms with van der Waals surface area (Å²) in [6.07, 6.45) is -3.09. The lowest BCUT2D eigenvalue weighted by molar-refractivity contribution is -0.270. The molecule has 1 aromatic carbocycles. The van der Waals surface area contributed by atoms with E-state index in [1.807, 2.05) is 30.3 Å². The summed E-state index contributed by atoms with van der Waals surface area (Å²) in [6.45, 7) is 4.78. The van der Waals surface area contributed by atoms with E-state index in [2.05, 4.69) is 20.6 Å². The van der Waals surface area contributed by atoms with Crippen LogP contribution in [0.25, 0.3) is 11.4 Å². The van der Waals surface area contributed by atoms with Gasteiger partial charge in [0.15, 0.2) is 24.5 Å². The molecule has 0 N–H and O–H groups in total. The molecule has 212 valence electrons. The third-order valence-electron chi connectivity index (χ3n) is 5.73. The second-order valence-corrected chi connectivity index (χ2v) is 8.96. The number of hydrogen-bond acceptors (Lipinski definition) is 13. The standard InChI is InChI=1S/C25H28N6O9/c1-14(32)36-13-21-22(37-15(2)33)23(38-16(3)34)24(39-17(4)35)25(40-21)31-12-20(27-29-31)19-11-30(28-26-19)10-18-8-6-5-7-9-18/h5-9,11-12,21-25H,10,13H2,1-4H3/t21-,22-,23+,24+,25+/m0/s1. The number of benzene rings is 1. The van der Waals surface area contributed by atoms with Crippen molar-refractivity contribution in [1.82, 2.24) is 30.0 Å². The predicted molar refractivity (Wildman–Crippen MR) is 132 cm³/mol. The van der Waals surface area contributed by atoms with E-state index in [0.717, 1.165) is 26.3 Å². The molecular weight excluding hydrogens is 528 g/mol. The first-order valence-corrected chi connectivity index (χ1v) is 12.3. The minimum atomic E-state index is -1.33. The van der Waals surface area contributed by atoms with Crippen LogP contribution in [0.15, 0.2) is 42.7 Å². The van der Waals surface area contributed by atoms with E-state index in [-0.39, 0.29) is 6.61 Å². The molecule has 0 amide bonds. The Balaban J connectivity index is 1.66. The van der Waals surface area contributed by atoms with Crippen molar-refractivity contribution in [1.29, 1.82) is 0 Å². The molecule has 1 fully saturated rings. The maximum atomic E-state index is 12.1. The van der Waals surface area contributed by atoms with Crippen LogP contribution in [-0.4, -0.2) is 84.9 Å². The maximum Gasteiger partial charge on any atom is 0.303 e. The van der Waals surface area contributed by atoms with Gasteiger partial charge in [0.25, 0.3) is 0 Å². The molecule has 3 heterocycles. The van der Waals surface area contributed by atoms with Crippen molar-refractivity contribution in [3.8, 4) is 11.4 Å². The summed E-state index contributed by atoms with van der Waals surface area (Å²) in [5.41, 5.74) is 1.76. The Morgan fingerprint density at radius 1 is 0.775 bits per heavy atom. The Hall–Kier alpha value is -4.66. The highest BCUT2D eigenvalue weighted by atomic mass is 16.7. The number of aromatic nitrogens is 6. The molecule has 0 unspecified atom stereocenters. The van der Waals surface area contributed by atoms with E-state index in [9.17, 15) is 19.2 Å². The lowest BCUT2D eigenvalue weighted by atomic mass is 9.97. The number of carbonyl (C=O) groups is 4. The van der Waals surface area contributed by atoms with Gasteiger partial charge in [-0.3, -0.25) is 19.2 Å². The van der Waals surface area contributed by atoms with Gasteiger partial charge >= 0.3 is 23.9 Å². The van der Waals surface area contributed by atoms with Crippen molar-refractivity contribution in [3.05, 3.63) is 48.3 Å². The first-order chi connectivity index (χ1) is 19.1. The zero-order valence-corrected chi connectivity index (χ0v) is 22.2. The highest BCUT2D eigenvalue weighted by Gasteiger charge is 2.53. The van der Waals surface area contributed by atoms with Crippen LogP contribution in [0.5, 0.6) is 0 Å². The number of esters is 4. The fourth-order valence-corrected chi connectivity index (χ4v) is 4.20. The van der Waals surface area contributed by atoms with Crippen molar-refractivity contribution in [3.63, 3.8) is 0 Å². The van der Waals surface area contributed by atoms with Crippen LogP contribution in [0.3, 0.4) is 0 Å². The zero-order chi connectivity index (χ0) is 28.8. The fraction of sp³-hybridized carbons (Fsp3) is 0.440. The Morgan fingerprint density at radius 3 is 2.02 bits per heavy atom. The van der Waals surface area contributed by atoms with Gasteiger partial charge in [-0.1, -0.05) is 40.8 Å². The number of carbonyl (C=O) groups excluding carboxylic acids is 4. The van der Waals surface area contributed by atoms with Crippen LogP contribution < -0.4 is 0 Å². The average Bonchev–Trinajstić information content (AvgIpc) is 3.55. The summed E-state index contributed by atoms with van der Waals surface area (Å²) in [6, 6.07) is 9.69. The van der Waals surface area contributed by atoms with Crippen LogP contribution in [0.4, 0.5) is 0 Å². The molecule has 1 aliphatic heterocycles. The fourth-order valence-electron chi connectivity index (χ4n) is 4.20. The molecule has 0 bridgehead atoms. The molecule has 5 atom stereocenters. The number of ether oxygens (including phenoxy) is 5. The lowest BCUT2D eigenvalue weighted by Crippen LogP contribution is -2.60. The lowest BCUT2D eigenvalue weighted by Gasteiger charge is -2.44. The predicted octanol–water partition coefficient (Wildman–Crippen LogP) is 0.840. The summed E-state index contributed by atoms with van der Waals surface area (Å²) in [7, 11) is 0. The van der Waals surface area contributed by atoms with Crippen LogP contribution in [0.2, 0.25) is 0 Å². The minimum absolute atomic E-state index is 0.326. The van der Waals surface area contributed by atoms with Gasteiger partial charge in [-0.05, 0) is 5.56 Å². The summed E-state index contributed by atoms with van der Waals surface area (Å²) in [4.78, 5) is 47.5. The molecule has 1 aliphatic rings. The molecule has 4 rings (SSSR count). The maximum absolute atomic E-state index is 12.1. The molecule has 2 aromatic heterocycles. The Morgan fingerprint density at radius 2 is 1.38 bits per heavy atom. The van der Waals surface area contributed by atoms with Crippen molar-refractivity contribution < 1.29 is 42.9 Å². The van der Waals surface area contributed by atoms with Crippen LogP contribution >= 0.6 is 0 Å². The van der Waals surface area contributed by atoms with Gasteiger partial charge in [0.1, 0.15) is 24.1 Å². The summed E-state index contributed by atoms with van der Waals surface area (Å²) in [5, 5.41) is 16.6. The van der Waals surface area contributed by atoms with E-state index < -0.39 is 54.5 Å². The van der Waals surface area contributed by atoms with Gasteiger partial charge in [0.2, 0.25) is 0 Å². The molecule has 0 aliphatic carbocycles. The Labute approximate surface area is 228 Å². The highest BCUT2D eigenvalue weighted by Crippen LogP contribution is 2.34. The van der Waals surface area contributed by atoms with E-state index in [1.54, 1.807) is 10.9 Å². The second-order valence-electron chi connectivity index (χ2n) is 8.96. The first kappa shape index (κ1) is 28.4. The van der Waals surface area contributed by atoms with E-state index in [4.69, 9.17) is 23.7 Å². The number of hydrogen-bond donors (Lipinski definition) is 0. The largest absolute Gasteiger partial charge is 0.463 e. The molecule has 0 spiro atoms. The SMILES string of the molecule is CC(=O)OC[C@@H]1O[C@@H](n2cc(-c3cn(Cc4ccccc4)nn3)nn2)[C@H](OC(C)=O)[C@H](OC(C)=O)[C@H]1OC(C)=O. The molecule has 3 aromatic rings. The van der Waals surface area contributed by atoms with Crippen molar-refractivity contribution in [2.75, 3.05) is 6.61 Å². The van der Waals surface area contributed by atoms with Crippen LogP contribution in [0, 0.1) is 0 Å². The van der Waals surface area contributed by atoms with E-state index in [0.29, 0.717) is 17.9 Å².